The molecule has 156 valence electrons. The molecule has 0 saturated heterocycles. The lowest BCUT2D eigenvalue weighted by atomic mass is 9.93. The summed E-state index contributed by atoms with van der Waals surface area (Å²) in [6.45, 7) is 3.87. The van der Waals surface area contributed by atoms with Crippen LogP contribution in [0.15, 0.2) is 84.9 Å². The number of aromatic hydroxyl groups is 2. The Labute approximate surface area is 184 Å². The molecule has 2 heteroatoms. The van der Waals surface area contributed by atoms with E-state index in [2.05, 4.69) is 36.4 Å². The molecule has 0 radical (unpaired) electrons. The van der Waals surface area contributed by atoms with Crippen molar-refractivity contribution < 1.29 is 10.2 Å². The van der Waals surface area contributed by atoms with Crippen LogP contribution >= 0.6 is 0 Å². The van der Waals surface area contributed by atoms with Gasteiger partial charge in [-0.2, -0.15) is 0 Å². The summed E-state index contributed by atoms with van der Waals surface area (Å²) in [6.07, 6.45) is 2.12. The summed E-state index contributed by atoms with van der Waals surface area (Å²) in [4.78, 5) is 0. The zero-order valence-corrected chi connectivity index (χ0v) is 18.1. The van der Waals surface area contributed by atoms with Crippen LogP contribution in [0.25, 0.3) is 0 Å². The second-order valence-electron chi connectivity index (χ2n) is 8.34. The summed E-state index contributed by atoms with van der Waals surface area (Å²) >= 11 is 0. The third-order valence-electron chi connectivity index (χ3n) is 5.76. The molecule has 2 nitrogen and oxygen atoms in total. The maximum Gasteiger partial charge on any atom is 0.122 e. The van der Waals surface area contributed by atoms with Crippen LogP contribution in [0.4, 0.5) is 0 Å². The highest BCUT2D eigenvalue weighted by atomic mass is 16.3. The van der Waals surface area contributed by atoms with Gasteiger partial charge >= 0.3 is 0 Å². The van der Waals surface area contributed by atoms with Crippen LogP contribution in [0.3, 0.4) is 0 Å². The molecule has 0 bridgehead atoms. The Bertz CT molecular complexity index is 1080. The lowest BCUT2D eigenvalue weighted by Gasteiger charge is -2.15. The van der Waals surface area contributed by atoms with Crippen molar-refractivity contribution in [2.24, 2.45) is 0 Å². The van der Waals surface area contributed by atoms with Gasteiger partial charge in [0.1, 0.15) is 11.5 Å². The number of hydrogen-bond acceptors (Lipinski definition) is 2. The molecule has 0 amide bonds. The molecule has 0 atom stereocenters. The molecule has 0 heterocycles. The third kappa shape index (κ3) is 4.97. The van der Waals surface area contributed by atoms with Crippen molar-refractivity contribution in [2.45, 2.75) is 33.1 Å². The van der Waals surface area contributed by atoms with Gasteiger partial charge in [-0.25, -0.2) is 0 Å². The number of benzene rings is 4. The van der Waals surface area contributed by atoms with E-state index >= 15 is 0 Å². The lowest BCUT2D eigenvalue weighted by Crippen LogP contribution is -1.98. The van der Waals surface area contributed by atoms with Crippen molar-refractivity contribution in [3.63, 3.8) is 0 Å². The Morgan fingerprint density at radius 1 is 0.484 bits per heavy atom. The number of aryl methyl sites for hydroxylation is 2. The molecule has 0 aliphatic carbocycles. The number of hydrogen-bond donors (Lipinski definition) is 2. The molecule has 0 aliphatic heterocycles. The largest absolute Gasteiger partial charge is 0.507 e. The first-order valence-electron chi connectivity index (χ1n) is 10.7. The molecule has 0 spiro atoms. The van der Waals surface area contributed by atoms with Crippen molar-refractivity contribution >= 4 is 0 Å². The first kappa shape index (κ1) is 20.7. The molecule has 31 heavy (non-hydrogen) atoms. The Kier molecular flexibility index (Phi) is 6.08. The van der Waals surface area contributed by atoms with Gasteiger partial charge in [0.25, 0.3) is 0 Å². The topological polar surface area (TPSA) is 40.5 Å². The maximum absolute atomic E-state index is 10.7. The zero-order chi connectivity index (χ0) is 21.8. The van der Waals surface area contributed by atoms with Gasteiger partial charge in [0.15, 0.2) is 0 Å². The Morgan fingerprint density at radius 3 is 1.26 bits per heavy atom. The summed E-state index contributed by atoms with van der Waals surface area (Å²) < 4.78 is 0. The molecule has 0 aromatic heterocycles. The van der Waals surface area contributed by atoms with Crippen LogP contribution in [-0.2, 0) is 19.3 Å². The molecule has 2 N–H and O–H groups in total. The normalized spacial score (nSPS) is 10.9. The second-order valence-corrected chi connectivity index (χ2v) is 8.34. The molecule has 0 aliphatic rings. The SMILES string of the molecule is Cc1cc(Cc2ccccc2)cc(Cc2cc(Cc3ccccc3)cc(C)c2O)c1O. The van der Waals surface area contributed by atoms with Crippen LogP contribution in [-0.4, -0.2) is 10.2 Å². The monoisotopic (exact) mass is 408 g/mol. The van der Waals surface area contributed by atoms with Crippen molar-refractivity contribution in [3.05, 3.63) is 129 Å². The van der Waals surface area contributed by atoms with Gasteiger partial charge in [0, 0.05) is 6.42 Å². The minimum absolute atomic E-state index is 0.308. The predicted octanol–water partition coefficient (Wildman–Crippen LogP) is 6.49. The molecular weight excluding hydrogens is 380 g/mol. The van der Waals surface area contributed by atoms with Gasteiger partial charge in [0.2, 0.25) is 0 Å². The Hall–Kier alpha value is -3.52. The third-order valence-corrected chi connectivity index (χ3v) is 5.76. The van der Waals surface area contributed by atoms with E-state index in [0.29, 0.717) is 17.9 Å². The quantitative estimate of drug-likeness (QED) is 0.383. The van der Waals surface area contributed by atoms with Gasteiger partial charge in [-0.05, 0) is 71.2 Å². The highest BCUT2D eigenvalue weighted by molar-refractivity contribution is 5.51. The standard InChI is InChI=1S/C29H28O2/c1-20-13-24(15-22-9-5-3-6-10-22)17-26(28(20)30)19-27-18-25(14-21(2)29(27)31)16-23-11-7-4-8-12-23/h3-14,17-18,30-31H,15-16,19H2,1-2H3. The van der Waals surface area contributed by atoms with Crippen LogP contribution < -0.4 is 0 Å². The summed E-state index contributed by atoms with van der Waals surface area (Å²) in [5.74, 6) is 0.615. The zero-order valence-electron chi connectivity index (χ0n) is 18.1. The van der Waals surface area contributed by atoms with E-state index < -0.39 is 0 Å². The van der Waals surface area contributed by atoms with E-state index in [0.717, 1.165) is 46.2 Å². The van der Waals surface area contributed by atoms with Gasteiger partial charge < -0.3 is 10.2 Å². The summed E-state index contributed by atoms with van der Waals surface area (Å²) in [5.41, 5.74) is 8.21. The van der Waals surface area contributed by atoms with Crippen LogP contribution in [0.2, 0.25) is 0 Å². The molecule has 0 unspecified atom stereocenters. The fourth-order valence-corrected chi connectivity index (χ4v) is 4.21. The van der Waals surface area contributed by atoms with Crippen LogP contribution in [0.1, 0.15) is 44.5 Å². The van der Waals surface area contributed by atoms with E-state index in [9.17, 15) is 10.2 Å². The van der Waals surface area contributed by atoms with E-state index in [1.807, 2.05) is 62.4 Å². The number of phenolic OH excluding ortho intramolecular Hbond substituents is 2. The van der Waals surface area contributed by atoms with Crippen LogP contribution in [0.5, 0.6) is 11.5 Å². The average molecular weight is 409 g/mol. The maximum atomic E-state index is 10.7. The van der Waals surface area contributed by atoms with E-state index in [1.54, 1.807) is 0 Å². The number of rotatable bonds is 6. The van der Waals surface area contributed by atoms with Crippen molar-refractivity contribution in [3.8, 4) is 11.5 Å². The van der Waals surface area contributed by atoms with Crippen molar-refractivity contribution in [1.82, 2.24) is 0 Å². The van der Waals surface area contributed by atoms with Gasteiger partial charge in [-0.1, -0.05) is 84.9 Å². The predicted molar refractivity (Wildman–Crippen MR) is 127 cm³/mol. The highest BCUT2D eigenvalue weighted by Gasteiger charge is 2.13. The summed E-state index contributed by atoms with van der Waals surface area (Å²) in [5, 5.41) is 21.5. The summed E-state index contributed by atoms with van der Waals surface area (Å²) in [7, 11) is 0. The molecule has 0 fully saturated rings. The summed E-state index contributed by atoms with van der Waals surface area (Å²) in [6, 6.07) is 28.9. The molecule has 4 rings (SSSR count). The average Bonchev–Trinajstić information content (AvgIpc) is 2.76. The smallest absolute Gasteiger partial charge is 0.122 e. The lowest BCUT2D eigenvalue weighted by molar-refractivity contribution is 0.458. The minimum Gasteiger partial charge on any atom is -0.507 e. The molecule has 0 saturated carbocycles. The fourth-order valence-electron chi connectivity index (χ4n) is 4.21. The molecule has 4 aromatic carbocycles. The highest BCUT2D eigenvalue weighted by Crippen LogP contribution is 2.32. The molecule has 4 aromatic rings. The van der Waals surface area contributed by atoms with Gasteiger partial charge in [0.05, 0.1) is 0 Å². The van der Waals surface area contributed by atoms with E-state index in [1.165, 1.54) is 11.1 Å². The van der Waals surface area contributed by atoms with Crippen LogP contribution in [0, 0.1) is 13.8 Å². The molecular formula is C29H28O2. The second kappa shape index (κ2) is 9.09. The number of phenols is 2. The Morgan fingerprint density at radius 2 is 0.871 bits per heavy atom. The van der Waals surface area contributed by atoms with Crippen molar-refractivity contribution in [1.29, 1.82) is 0 Å². The Balaban J connectivity index is 1.65. The van der Waals surface area contributed by atoms with E-state index in [-0.39, 0.29) is 0 Å². The van der Waals surface area contributed by atoms with Crippen molar-refractivity contribution in [2.75, 3.05) is 0 Å². The first-order chi connectivity index (χ1) is 15.0. The van der Waals surface area contributed by atoms with Gasteiger partial charge in [-0.15, -0.1) is 0 Å². The first-order valence-corrected chi connectivity index (χ1v) is 10.7. The fraction of sp³-hybridized carbons (Fsp3) is 0.172. The minimum atomic E-state index is 0.308. The van der Waals surface area contributed by atoms with Gasteiger partial charge in [-0.3, -0.25) is 0 Å². The van der Waals surface area contributed by atoms with E-state index in [4.69, 9.17) is 0 Å².